The Hall–Kier alpha value is -1.67. The van der Waals surface area contributed by atoms with E-state index in [1.165, 1.54) is 12.1 Å². The lowest BCUT2D eigenvalue weighted by Crippen LogP contribution is -2.16. The molecule has 0 spiro atoms. The van der Waals surface area contributed by atoms with E-state index in [9.17, 15) is 20.2 Å². The van der Waals surface area contributed by atoms with E-state index in [1.807, 2.05) is 6.26 Å². The fraction of sp³-hybridized carbons (Fsp3) is 0.455. The van der Waals surface area contributed by atoms with E-state index in [2.05, 4.69) is 5.32 Å². The minimum absolute atomic E-state index is 0.216. The zero-order valence-corrected chi connectivity index (χ0v) is 11.3. The molecule has 0 saturated carbocycles. The fourth-order valence-corrected chi connectivity index (χ4v) is 1.98. The third kappa shape index (κ3) is 4.84. The van der Waals surface area contributed by atoms with Crippen molar-refractivity contribution >= 4 is 23.1 Å². The molecule has 0 aliphatic rings. The number of nitrogens with one attached hydrogen (secondary N) is 1. The van der Waals surface area contributed by atoms with Gasteiger partial charge in [-0.2, -0.15) is 11.8 Å². The SMILES string of the molecule is CSCCCNCc1ccc([N+](=O)[O-])cc1[N+](=O)[O-]. The molecule has 0 aliphatic carbocycles. The number of hydrogen-bond acceptors (Lipinski definition) is 6. The molecule has 0 bridgehead atoms. The van der Waals surface area contributed by atoms with Gasteiger partial charge in [-0.05, 0) is 31.0 Å². The maximum Gasteiger partial charge on any atom is 0.280 e. The van der Waals surface area contributed by atoms with Crippen LogP contribution in [0.25, 0.3) is 0 Å². The molecule has 1 rings (SSSR count). The molecule has 1 N–H and O–H groups in total. The molecular weight excluding hydrogens is 270 g/mol. The van der Waals surface area contributed by atoms with E-state index < -0.39 is 9.85 Å². The highest BCUT2D eigenvalue weighted by molar-refractivity contribution is 7.98. The van der Waals surface area contributed by atoms with Crippen LogP contribution in [0.3, 0.4) is 0 Å². The molecule has 104 valence electrons. The van der Waals surface area contributed by atoms with E-state index >= 15 is 0 Å². The van der Waals surface area contributed by atoms with Gasteiger partial charge in [0.1, 0.15) is 0 Å². The smallest absolute Gasteiger partial charge is 0.280 e. The van der Waals surface area contributed by atoms with Gasteiger partial charge in [-0.1, -0.05) is 0 Å². The van der Waals surface area contributed by atoms with Gasteiger partial charge in [0.05, 0.1) is 15.9 Å². The van der Waals surface area contributed by atoms with Gasteiger partial charge in [-0.25, -0.2) is 0 Å². The number of nitro benzene ring substituents is 2. The number of thioether (sulfide) groups is 1. The Morgan fingerprint density at radius 3 is 2.58 bits per heavy atom. The van der Waals surface area contributed by atoms with Crippen LogP contribution in [-0.2, 0) is 6.54 Å². The summed E-state index contributed by atoms with van der Waals surface area (Å²) in [6.07, 6.45) is 2.99. The fourth-order valence-electron chi connectivity index (χ4n) is 1.55. The lowest BCUT2D eigenvalue weighted by Gasteiger charge is -2.05. The molecule has 0 atom stereocenters. The highest BCUT2D eigenvalue weighted by atomic mass is 32.2. The van der Waals surface area contributed by atoms with Crippen molar-refractivity contribution in [3.8, 4) is 0 Å². The van der Waals surface area contributed by atoms with Gasteiger partial charge >= 0.3 is 0 Å². The van der Waals surface area contributed by atoms with Crippen LogP contribution in [-0.4, -0.2) is 28.4 Å². The summed E-state index contributed by atoms with van der Waals surface area (Å²) in [6.45, 7) is 1.09. The molecular formula is C11H15N3O4S. The van der Waals surface area contributed by atoms with Gasteiger partial charge in [-0.15, -0.1) is 0 Å². The lowest BCUT2D eigenvalue weighted by molar-refractivity contribution is -0.394. The number of non-ortho nitro benzene ring substituents is 1. The first-order valence-electron chi connectivity index (χ1n) is 5.67. The van der Waals surface area contributed by atoms with E-state index in [-0.39, 0.29) is 11.4 Å². The van der Waals surface area contributed by atoms with E-state index in [0.717, 1.165) is 24.8 Å². The first kappa shape index (κ1) is 15.4. The Morgan fingerprint density at radius 2 is 2.00 bits per heavy atom. The maximum absolute atomic E-state index is 10.9. The van der Waals surface area contributed by atoms with Gasteiger partial charge in [0, 0.05) is 18.2 Å². The first-order valence-corrected chi connectivity index (χ1v) is 7.07. The summed E-state index contributed by atoms with van der Waals surface area (Å²) in [5.74, 6) is 1.02. The topological polar surface area (TPSA) is 98.3 Å². The Balaban J connectivity index is 2.71. The van der Waals surface area contributed by atoms with Crippen molar-refractivity contribution in [2.24, 2.45) is 0 Å². The van der Waals surface area contributed by atoms with Crippen LogP contribution in [0.4, 0.5) is 11.4 Å². The monoisotopic (exact) mass is 285 g/mol. The lowest BCUT2D eigenvalue weighted by atomic mass is 10.1. The maximum atomic E-state index is 10.9. The normalized spacial score (nSPS) is 10.4. The van der Waals surface area contributed by atoms with Crippen LogP contribution >= 0.6 is 11.8 Å². The molecule has 0 aromatic heterocycles. The van der Waals surface area contributed by atoms with Gasteiger partial charge in [0.15, 0.2) is 0 Å². The van der Waals surface area contributed by atoms with Crippen molar-refractivity contribution in [2.45, 2.75) is 13.0 Å². The predicted molar refractivity (Wildman–Crippen MR) is 74.5 cm³/mol. The minimum Gasteiger partial charge on any atom is -0.312 e. The zero-order valence-electron chi connectivity index (χ0n) is 10.5. The van der Waals surface area contributed by atoms with Crippen LogP contribution < -0.4 is 5.32 Å². The molecule has 0 aliphatic heterocycles. The van der Waals surface area contributed by atoms with Crippen LogP contribution in [0.1, 0.15) is 12.0 Å². The van der Waals surface area contributed by atoms with E-state index in [1.54, 1.807) is 11.8 Å². The van der Waals surface area contributed by atoms with Crippen LogP contribution in [0.15, 0.2) is 18.2 Å². The molecule has 0 fully saturated rings. The van der Waals surface area contributed by atoms with Gasteiger partial charge in [-0.3, -0.25) is 20.2 Å². The highest BCUT2D eigenvalue weighted by Crippen LogP contribution is 2.24. The second kappa shape index (κ2) is 7.70. The summed E-state index contributed by atoms with van der Waals surface area (Å²) in [7, 11) is 0. The summed E-state index contributed by atoms with van der Waals surface area (Å²) in [6, 6.07) is 3.71. The second-order valence-corrected chi connectivity index (χ2v) is 4.84. The average molecular weight is 285 g/mol. The van der Waals surface area contributed by atoms with Crippen molar-refractivity contribution in [2.75, 3.05) is 18.6 Å². The van der Waals surface area contributed by atoms with Gasteiger partial charge < -0.3 is 5.32 Å². The van der Waals surface area contributed by atoms with E-state index in [0.29, 0.717) is 12.1 Å². The second-order valence-electron chi connectivity index (χ2n) is 3.85. The van der Waals surface area contributed by atoms with Crippen LogP contribution in [0.2, 0.25) is 0 Å². The number of nitrogens with zero attached hydrogens (tertiary/aromatic N) is 2. The third-order valence-corrected chi connectivity index (χ3v) is 3.19. The molecule has 0 heterocycles. The third-order valence-electron chi connectivity index (χ3n) is 2.49. The Labute approximate surface area is 114 Å². The molecule has 0 unspecified atom stereocenters. The highest BCUT2D eigenvalue weighted by Gasteiger charge is 2.18. The Bertz CT molecular complexity index is 467. The van der Waals surface area contributed by atoms with Crippen LogP contribution in [0.5, 0.6) is 0 Å². The molecule has 8 heteroatoms. The zero-order chi connectivity index (χ0) is 14.3. The standard InChI is InChI=1S/C11H15N3O4S/c1-19-6-2-5-12-8-9-3-4-10(13(15)16)7-11(9)14(17)18/h3-4,7,12H,2,5-6,8H2,1H3. The van der Waals surface area contributed by atoms with Gasteiger partial charge in [0.25, 0.3) is 11.4 Å². The van der Waals surface area contributed by atoms with Crippen molar-refractivity contribution in [1.82, 2.24) is 5.32 Å². The number of nitro groups is 2. The largest absolute Gasteiger partial charge is 0.312 e. The summed E-state index contributed by atoms with van der Waals surface area (Å²) in [5, 5.41) is 24.6. The quantitative estimate of drug-likeness (QED) is 0.447. The van der Waals surface area contributed by atoms with Crippen molar-refractivity contribution < 1.29 is 9.85 Å². The average Bonchev–Trinajstić information content (AvgIpc) is 2.38. The number of rotatable bonds is 8. The molecule has 1 aromatic carbocycles. The Morgan fingerprint density at radius 1 is 1.26 bits per heavy atom. The summed E-state index contributed by atoms with van der Waals surface area (Å²) < 4.78 is 0. The first-order chi connectivity index (χ1) is 9.06. The Kier molecular flexibility index (Phi) is 6.23. The van der Waals surface area contributed by atoms with Crippen molar-refractivity contribution in [3.63, 3.8) is 0 Å². The number of hydrogen-bond donors (Lipinski definition) is 1. The molecule has 0 amide bonds. The molecule has 0 saturated heterocycles. The molecule has 7 nitrogen and oxygen atoms in total. The predicted octanol–water partition coefficient (Wildman–Crippen LogP) is 2.35. The van der Waals surface area contributed by atoms with Crippen molar-refractivity contribution in [3.05, 3.63) is 44.0 Å². The molecule has 0 radical (unpaired) electrons. The molecule has 19 heavy (non-hydrogen) atoms. The minimum atomic E-state index is -0.636. The number of benzene rings is 1. The van der Waals surface area contributed by atoms with E-state index in [4.69, 9.17) is 0 Å². The summed E-state index contributed by atoms with van der Waals surface area (Å²) in [4.78, 5) is 20.2. The summed E-state index contributed by atoms with van der Waals surface area (Å²) >= 11 is 1.74. The van der Waals surface area contributed by atoms with Gasteiger partial charge in [0.2, 0.25) is 0 Å². The van der Waals surface area contributed by atoms with Crippen molar-refractivity contribution in [1.29, 1.82) is 0 Å². The summed E-state index contributed by atoms with van der Waals surface area (Å²) in [5.41, 5.74) is -0.0239. The molecule has 1 aromatic rings. The van der Waals surface area contributed by atoms with Crippen LogP contribution in [0, 0.1) is 20.2 Å².